The number of hydrogen-bond acceptors (Lipinski definition) is 4. The summed E-state index contributed by atoms with van der Waals surface area (Å²) in [5.74, 6) is 0.0433. The van der Waals surface area contributed by atoms with Crippen LogP contribution in [0.25, 0.3) is 0 Å². The van der Waals surface area contributed by atoms with Crippen LogP contribution in [-0.2, 0) is 14.3 Å². The lowest BCUT2D eigenvalue weighted by atomic mass is 10.2. The number of hydrogen-bond donors (Lipinski definition) is 1. The first-order valence-corrected chi connectivity index (χ1v) is 5.36. The Kier molecular flexibility index (Phi) is 7.66. The van der Waals surface area contributed by atoms with Gasteiger partial charge >= 0.3 is 0 Å². The van der Waals surface area contributed by atoms with Crippen molar-refractivity contribution in [3.8, 4) is 0 Å². The van der Waals surface area contributed by atoms with Crippen molar-refractivity contribution in [2.45, 2.75) is 25.6 Å². The van der Waals surface area contributed by atoms with Crippen molar-refractivity contribution < 1.29 is 14.3 Å². The molecule has 1 aliphatic heterocycles. The van der Waals surface area contributed by atoms with Gasteiger partial charge in [0.25, 0.3) is 5.91 Å². The molecular formula is C10H21ClN2O3. The van der Waals surface area contributed by atoms with Crippen molar-refractivity contribution in [3.63, 3.8) is 0 Å². The van der Waals surface area contributed by atoms with Gasteiger partial charge in [-0.05, 0) is 6.42 Å². The van der Waals surface area contributed by atoms with Gasteiger partial charge in [0.05, 0.1) is 12.7 Å². The van der Waals surface area contributed by atoms with Gasteiger partial charge in [-0.3, -0.25) is 4.79 Å². The molecule has 0 aromatic rings. The first-order chi connectivity index (χ1) is 7.22. The Morgan fingerprint density at radius 2 is 2.38 bits per heavy atom. The van der Waals surface area contributed by atoms with Crippen LogP contribution in [0.2, 0.25) is 0 Å². The average Bonchev–Trinajstić information content (AvgIpc) is 2.30. The molecule has 2 unspecified atom stereocenters. The molecule has 1 saturated heterocycles. The van der Waals surface area contributed by atoms with Gasteiger partial charge in [0.15, 0.2) is 0 Å². The number of carbonyl (C=O) groups is 1. The van der Waals surface area contributed by atoms with Gasteiger partial charge in [-0.2, -0.15) is 0 Å². The lowest BCUT2D eigenvalue weighted by molar-refractivity contribution is -0.149. The molecule has 2 N–H and O–H groups in total. The summed E-state index contributed by atoms with van der Waals surface area (Å²) in [6, 6.07) is 0. The average molecular weight is 253 g/mol. The molecule has 0 aromatic carbocycles. The van der Waals surface area contributed by atoms with Crippen molar-refractivity contribution in [1.82, 2.24) is 4.90 Å². The summed E-state index contributed by atoms with van der Waals surface area (Å²) < 4.78 is 10.5. The summed E-state index contributed by atoms with van der Waals surface area (Å²) >= 11 is 0. The van der Waals surface area contributed by atoms with Crippen LogP contribution in [-0.4, -0.2) is 56.4 Å². The monoisotopic (exact) mass is 252 g/mol. The molecule has 0 radical (unpaired) electrons. The predicted octanol–water partition coefficient (Wildman–Crippen LogP) is 0.0193. The van der Waals surface area contributed by atoms with Crippen LogP contribution in [0.4, 0.5) is 0 Å². The van der Waals surface area contributed by atoms with Gasteiger partial charge in [-0.15, -0.1) is 12.4 Å². The molecule has 1 aliphatic rings. The molecule has 2 atom stereocenters. The SMILES string of the molecule is CCC(OC)C(=O)N1CCOC(CN)C1.Cl. The van der Waals surface area contributed by atoms with Crippen LogP contribution >= 0.6 is 12.4 Å². The van der Waals surface area contributed by atoms with Crippen LogP contribution in [0.3, 0.4) is 0 Å². The molecule has 1 heterocycles. The Labute approximate surface area is 103 Å². The first kappa shape index (κ1) is 15.6. The van der Waals surface area contributed by atoms with Crippen LogP contribution in [0.5, 0.6) is 0 Å². The second-order valence-electron chi connectivity index (χ2n) is 3.65. The summed E-state index contributed by atoms with van der Waals surface area (Å²) in [6.45, 7) is 4.17. The van der Waals surface area contributed by atoms with Crippen LogP contribution in [0, 0.1) is 0 Å². The van der Waals surface area contributed by atoms with Crippen molar-refractivity contribution in [3.05, 3.63) is 0 Å². The van der Waals surface area contributed by atoms with E-state index in [1.54, 1.807) is 12.0 Å². The Morgan fingerprint density at radius 1 is 1.69 bits per heavy atom. The van der Waals surface area contributed by atoms with E-state index in [1.807, 2.05) is 6.92 Å². The van der Waals surface area contributed by atoms with E-state index < -0.39 is 0 Å². The molecule has 96 valence electrons. The van der Waals surface area contributed by atoms with E-state index in [0.29, 0.717) is 32.7 Å². The standard InChI is InChI=1S/C10H20N2O3.ClH/c1-3-9(14-2)10(13)12-4-5-15-8(6-11)7-12;/h8-9H,3-7,11H2,1-2H3;1H. The highest BCUT2D eigenvalue weighted by atomic mass is 35.5. The summed E-state index contributed by atoms with van der Waals surface area (Å²) in [6.07, 6.45) is 0.332. The zero-order chi connectivity index (χ0) is 11.3. The zero-order valence-electron chi connectivity index (χ0n) is 9.85. The minimum absolute atomic E-state index is 0. The highest BCUT2D eigenvalue weighted by Gasteiger charge is 2.27. The fraction of sp³-hybridized carbons (Fsp3) is 0.900. The van der Waals surface area contributed by atoms with E-state index in [0.717, 1.165) is 0 Å². The maximum Gasteiger partial charge on any atom is 0.251 e. The van der Waals surface area contributed by atoms with Gasteiger partial charge < -0.3 is 20.1 Å². The minimum Gasteiger partial charge on any atom is -0.373 e. The fourth-order valence-corrected chi connectivity index (χ4v) is 1.71. The van der Waals surface area contributed by atoms with Gasteiger partial charge in [-0.1, -0.05) is 6.92 Å². The van der Waals surface area contributed by atoms with E-state index in [2.05, 4.69) is 0 Å². The summed E-state index contributed by atoms with van der Waals surface area (Å²) in [7, 11) is 1.56. The quantitative estimate of drug-likeness (QED) is 0.766. The zero-order valence-corrected chi connectivity index (χ0v) is 10.7. The third-order valence-electron chi connectivity index (χ3n) is 2.64. The number of halogens is 1. The second-order valence-corrected chi connectivity index (χ2v) is 3.65. The summed E-state index contributed by atoms with van der Waals surface area (Å²) in [5.41, 5.74) is 5.51. The van der Waals surface area contributed by atoms with Crippen molar-refractivity contribution in [2.75, 3.05) is 33.4 Å². The Morgan fingerprint density at radius 3 is 2.88 bits per heavy atom. The van der Waals surface area contributed by atoms with E-state index in [9.17, 15) is 4.79 Å². The van der Waals surface area contributed by atoms with Crippen molar-refractivity contribution in [1.29, 1.82) is 0 Å². The largest absolute Gasteiger partial charge is 0.373 e. The Hall–Kier alpha value is -0.360. The minimum atomic E-state index is -0.332. The number of ether oxygens (including phenoxy) is 2. The van der Waals surface area contributed by atoms with Gasteiger partial charge in [0, 0.05) is 26.7 Å². The highest BCUT2D eigenvalue weighted by molar-refractivity contribution is 5.85. The molecule has 0 aromatic heterocycles. The Balaban J connectivity index is 0.00000225. The smallest absolute Gasteiger partial charge is 0.251 e. The van der Waals surface area contributed by atoms with Gasteiger partial charge in [0.2, 0.25) is 0 Å². The number of nitrogens with two attached hydrogens (primary N) is 1. The normalized spacial score (nSPS) is 22.4. The van der Waals surface area contributed by atoms with Gasteiger partial charge in [-0.25, -0.2) is 0 Å². The Bertz CT molecular complexity index is 212. The number of methoxy groups -OCH3 is 1. The molecule has 0 saturated carbocycles. The summed E-state index contributed by atoms with van der Waals surface area (Å²) in [5, 5.41) is 0. The lowest BCUT2D eigenvalue weighted by Gasteiger charge is -2.34. The maximum absolute atomic E-state index is 11.9. The third-order valence-corrected chi connectivity index (χ3v) is 2.64. The third kappa shape index (κ3) is 3.90. The molecule has 0 aliphatic carbocycles. The molecule has 1 fully saturated rings. The van der Waals surface area contributed by atoms with E-state index in [4.69, 9.17) is 15.2 Å². The number of carbonyl (C=O) groups excluding carboxylic acids is 1. The van der Waals surface area contributed by atoms with Crippen LogP contribution in [0.1, 0.15) is 13.3 Å². The summed E-state index contributed by atoms with van der Waals surface area (Å²) in [4.78, 5) is 13.7. The topological polar surface area (TPSA) is 64.8 Å². The molecule has 0 bridgehead atoms. The van der Waals surface area contributed by atoms with Crippen LogP contribution in [0.15, 0.2) is 0 Å². The molecule has 1 amide bonds. The van der Waals surface area contributed by atoms with Crippen molar-refractivity contribution >= 4 is 18.3 Å². The van der Waals surface area contributed by atoms with E-state index >= 15 is 0 Å². The van der Waals surface area contributed by atoms with Crippen LogP contribution < -0.4 is 5.73 Å². The number of nitrogens with zero attached hydrogens (tertiary/aromatic N) is 1. The predicted molar refractivity (Wildman–Crippen MR) is 63.7 cm³/mol. The molecule has 5 nitrogen and oxygen atoms in total. The number of amides is 1. The van der Waals surface area contributed by atoms with E-state index in [1.165, 1.54) is 0 Å². The molecule has 1 rings (SSSR count). The highest BCUT2D eigenvalue weighted by Crippen LogP contribution is 2.09. The van der Waals surface area contributed by atoms with E-state index in [-0.39, 0.29) is 30.5 Å². The lowest BCUT2D eigenvalue weighted by Crippen LogP contribution is -2.51. The second kappa shape index (κ2) is 7.84. The molecule has 6 heteroatoms. The van der Waals surface area contributed by atoms with Gasteiger partial charge in [0.1, 0.15) is 6.10 Å². The number of morpholine rings is 1. The fourth-order valence-electron chi connectivity index (χ4n) is 1.71. The molecule has 16 heavy (non-hydrogen) atoms. The van der Waals surface area contributed by atoms with Crippen molar-refractivity contribution in [2.24, 2.45) is 5.73 Å². The molecule has 0 spiro atoms. The maximum atomic E-state index is 11.9. The first-order valence-electron chi connectivity index (χ1n) is 5.36. The molecular weight excluding hydrogens is 232 g/mol. The number of rotatable bonds is 4.